The summed E-state index contributed by atoms with van der Waals surface area (Å²) in [5, 5.41) is 3.25. The van der Waals surface area contributed by atoms with Crippen molar-refractivity contribution in [2.45, 2.75) is 24.8 Å². The van der Waals surface area contributed by atoms with E-state index in [1.165, 1.54) is 0 Å². The SMILES string of the molecule is COc1ccccc1S(=O)CCNC(C)C. The molecule has 0 heterocycles. The van der Waals surface area contributed by atoms with Gasteiger partial charge in [-0.15, -0.1) is 0 Å². The average Bonchev–Trinajstić information content (AvgIpc) is 2.28. The lowest BCUT2D eigenvalue weighted by Crippen LogP contribution is -2.27. The van der Waals surface area contributed by atoms with Crippen molar-refractivity contribution >= 4 is 10.8 Å². The highest BCUT2D eigenvalue weighted by Crippen LogP contribution is 2.20. The van der Waals surface area contributed by atoms with Gasteiger partial charge in [0.2, 0.25) is 0 Å². The van der Waals surface area contributed by atoms with E-state index in [2.05, 4.69) is 19.2 Å². The molecule has 1 rings (SSSR count). The molecule has 0 saturated heterocycles. The Morgan fingerprint density at radius 1 is 1.38 bits per heavy atom. The second-order valence-electron chi connectivity index (χ2n) is 3.81. The molecule has 1 aromatic carbocycles. The van der Waals surface area contributed by atoms with Gasteiger partial charge in [0.15, 0.2) is 0 Å². The van der Waals surface area contributed by atoms with Crippen LogP contribution in [0.2, 0.25) is 0 Å². The first-order valence-corrected chi connectivity index (χ1v) is 6.72. The van der Waals surface area contributed by atoms with Crippen LogP contribution >= 0.6 is 0 Å². The maximum Gasteiger partial charge on any atom is 0.134 e. The Morgan fingerprint density at radius 2 is 2.06 bits per heavy atom. The van der Waals surface area contributed by atoms with Crippen LogP contribution in [0.4, 0.5) is 0 Å². The molecule has 0 bridgehead atoms. The zero-order valence-corrected chi connectivity index (χ0v) is 10.8. The summed E-state index contributed by atoms with van der Waals surface area (Å²) in [5.74, 6) is 1.31. The van der Waals surface area contributed by atoms with Crippen LogP contribution in [0.15, 0.2) is 29.2 Å². The van der Waals surface area contributed by atoms with E-state index in [1.54, 1.807) is 7.11 Å². The smallest absolute Gasteiger partial charge is 0.134 e. The molecule has 0 aliphatic rings. The van der Waals surface area contributed by atoms with E-state index in [0.717, 1.165) is 11.4 Å². The Hall–Kier alpha value is -0.870. The molecule has 0 radical (unpaired) electrons. The Balaban J connectivity index is 2.59. The van der Waals surface area contributed by atoms with Gasteiger partial charge in [0.25, 0.3) is 0 Å². The normalized spacial score (nSPS) is 12.8. The quantitative estimate of drug-likeness (QED) is 0.825. The first-order valence-electron chi connectivity index (χ1n) is 5.40. The van der Waals surface area contributed by atoms with Crippen molar-refractivity contribution in [2.24, 2.45) is 0 Å². The van der Waals surface area contributed by atoms with Crippen molar-refractivity contribution in [1.82, 2.24) is 5.32 Å². The standard InChI is InChI=1S/C12H19NO2S/c1-10(2)13-8-9-16(14)12-7-5-4-6-11(12)15-3/h4-7,10,13H,8-9H2,1-3H3. The predicted octanol–water partition coefficient (Wildman–Crippen LogP) is 1.80. The lowest BCUT2D eigenvalue weighted by atomic mass is 10.3. The lowest BCUT2D eigenvalue weighted by molar-refractivity contribution is 0.404. The van der Waals surface area contributed by atoms with Crippen molar-refractivity contribution in [2.75, 3.05) is 19.4 Å². The highest BCUT2D eigenvalue weighted by Gasteiger charge is 2.09. The fraction of sp³-hybridized carbons (Fsp3) is 0.500. The maximum atomic E-state index is 12.0. The molecule has 0 amide bonds. The third-order valence-corrected chi connectivity index (χ3v) is 3.56. The van der Waals surface area contributed by atoms with Crippen LogP contribution in [-0.2, 0) is 10.8 Å². The minimum Gasteiger partial charge on any atom is -0.495 e. The maximum absolute atomic E-state index is 12.0. The molecule has 0 saturated carbocycles. The second kappa shape index (κ2) is 6.66. The van der Waals surface area contributed by atoms with E-state index in [1.807, 2.05) is 24.3 Å². The molecule has 16 heavy (non-hydrogen) atoms. The van der Waals surface area contributed by atoms with Gasteiger partial charge in [-0.3, -0.25) is 4.21 Å². The molecule has 0 aliphatic carbocycles. The Morgan fingerprint density at radius 3 is 2.69 bits per heavy atom. The number of methoxy groups -OCH3 is 1. The van der Waals surface area contributed by atoms with Crippen molar-refractivity contribution < 1.29 is 8.95 Å². The summed E-state index contributed by atoms with van der Waals surface area (Å²) in [6.45, 7) is 4.90. The van der Waals surface area contributed by atoms with Crippen molar-refractivity contribution in [1.29, 1.82) is 0 Å². The monoisotopic (exact) mass is 241 g/mol. The minimum atomic E-state index is -0.999. The number of rotatable bonds is 6. The van der Waals surface area contributed by atoms with Gasteiger partial charge in [-0.05, 0) is 12.1 Å². The molecule has 0 fully saturated rings. The van der Waals surface area contributed by atoms with Crippen LogP contribution in [0.3, 0.4) is 0 Å². The summed E-state index contributed by atoms with van der Waals surface area (Å²) < 4.78 is 17.2. The van der Waals surface area contributed by atoms with Gasteiger partial charge in [0.05, 0.1) is 22.8 Å². The molecule has 3 nitrogen and oxygen atoms in total. The highest BCUT2D eigenvalue weighted by molar-refractivity contribution is 7.85. The minimum absolute atomic E-state index is 0.426. The molecule has 0 aliphatic heterocycles. The van der Waals surface area contributed by atoms with Crippen LogP contribution in [0.1, 0.15) is 13.8 Å². The highest BCUT2D eigenvalue weighted by atomic mass is 32.2. The topological polar surface area (TPSA) is 38.3 Å². The van der Waals surface area contributed by atoms with E-state index in [4.69, 9.17) is 4.74 Å². The van der Waals surface area contributed by atoms with Crippen LogP contribution in [0, 0.1) is 0 Å². The summed E-state index contributed by atoms with van der Waals surface area (Å²) >= 11 is 0. The predicted molar refractivity (Wildman–Crippen MR) is 67.4 cm³/mol. The summed E-state index contributed by atoms with van der Waals surface area (Å²) in [6.07, 6.45) is 0. The number of para-hydroxylation sites is 1. The summed E-state index contributed by atoms with van der Waals surface area (Å²) in [7, 11) is 0.601. The Labute approximate surface area is 99.7 Å². The van der Waals surface area contributed by atoms with Gasteiger partial charge >= 0.3 is 0 Å². The number of ether oxygens (including phenoxy) is 1. The molecular formula is C12H19NO2S. The summed E-state index contributed by atoms with van der Waals surface area (Å²) in [4.78, 5) is 0.774. The van der Waals surface area contributed by atoms with E-state index < -0.39 is 10.8 Å². The van der Waals surface area contributed by atoms with E-state index in [9.17, 15) is 4.21 Å². The zero-order chi connectivity index (χ0) is 12.0. The van der Waals surface area contributed by atoms with Gasteiger partial charge < -0.3 is 10.1 Å². The van der Waals surface area contributed by atoms with Crippen LogP contribution < -0.4 is 10.1 Å². The Bertz CT molecular complexity index is 353. The molecule has 4 heteroatoms. The van der Waals surface area contributed by atoms with Gasteiger partial charge in [-0.1, -0.05) is 26.0 Å². The average molecular weight is 241 g/mol. The third kappa shape index (κ3) is 3.94. The van der Waals surface area contributed by atoms with Crippen LogP contribution in [-0.4, -0.2) is 29.7 Å². The van der Waals surface area contributed by atoms with Gasteiger partial charge in [0, 0.05) is 18.3 Å². The molecule has 1 atom stereocenters. The van der Waals surface area contributed by atoms with Crippen molar-refractivity contribution in [3.63, 3.8) is 0 Å². The van der Waals surface area contributed by atoms with Crippen molar-refractivity contribution in [3.8, 4) is 5.75 Å². The van der Waals surface area contributed by atoms with E-state index in [0.29, 0.717) is 17.5 Å². The van der Waals surface area contributed by atoms with Crippen LogP contribution in [0.25, 0.3) is 0 Å². The first-order chi connectivity index (χ1) is 7.65. The van der Waals surface area contributed by atoms with Crippen molar-refractivity contribution in [3.05, 3.63) is 24.3 Å². The largest absolute Gasteiger partial charge is 0.495 e. The molecule has 1 N–H and O–H groups in total. The van der Waals surface area contributed by atoms with Gasteiger partial charge in [-0.2, -0.15) is 0 Å². The number of nitrogens with one attached hydrogen (secondary N) is 1. The number of hydrogen-bond donors (Lipinski definition) is 1. The lowest BCUT2D eigenvalue weighted by Gasteiger charge is -2.10. The fourth-order valence-electron chi connectivity index (χ4n) is 1.36. The number of benzene rings is 1. The Kier molecular flexibility index (Phi) is 5.49. The summed E-state index contributed by atoms with van der Waals surface area (Å²) in [5.41, 5.74) is 0. The molecular weight excluding hydrogens is 222 g/mol. The molecule has 90 valence electrons. The zero-order valence-electron chi connectivity index (χ0n) is 10.0. The van der Waals surface area contributed by atoms with E-state index >= 15 is 0 Å². The van der Waals surface area contributed by atoms with Gasteiger partial charge in [-0.25, -0.2) is 0 Å². The number of hydrogen-bond acceptors (Lipinski definition) is 3. The third-order valence-electron chi connectivity index (χ3n) is 2.15. The van der Waals surface area contributed by atoms with Gasteiger partial charge in [0.1, 0.15) is 5.75 Å². The first kappa shape index (κ1) is 13.2. The molecule has 0 spiro atoms. The second-order valence-corrected chi connectivity index (χ2v) is 5.35. The molecule has 1 unspecified atom stereocenters. The molecule has 0 aromatic heterocycles. The molecule has 1 aromatic rings. The fourth-order valence-corrected chi connectivity index (χ4v) is 2.49. The van der Waals surface area contributed by atoms with E-state index in [-0.39, 0.29) is 0 Å². The van der Waals surface area contributed by atoms with Crippen LogP contribution in [0.5, 0.6) is 5.75 Å². The summed E-state index contributed by atoms with van der Waals surface area (Å²) in [6, 6.07) is 7.87.